The van der Waals surface area contributed by atoms with Gasteiger partial charge in [0.25, 0.3) is 0 Å². The minimum absolute atomic E-state index is 0.482. The summed E-state index contributed by atoms with van der Waals surface area (Å²) in [6.45, 7) is 0. The maximum Gasteiger partial charge on any atom is 0.101 e. The van der Waals surface area contributed by atoms with E-state index in [4.69, 9.17) is 0 Å². The van der Waals surface area contributed by atoms with Crippen LogP contribution in [0.25, 0.3) is 82.5 Å². The number of aromatic nitrogens is 3. The molecule has 0 aliphatic carbocycles. The SMILES string of the molecule is N#Cc1cc(-n2c3ccccc3c3cccc(-n4c5ccccc5c5ccccc54)c32)c(C#N)cc1-n1c2ccccc2c2ccccc21. The van der Waals surface area contributed by atoms with Crippen molar-refractivity contribution in [3.8, 4) is 29.2 Å². The van der Waals surface area contributed by atoms with E-state index in [1.165, 1.54) is 10.8 Å². The Kier molecular flexibility index (Phi) is 5.64. The Morgan fingerprint density at radius 2 is 0.653 bits per heavy atom. The quantitative estimate of drug-likeness (QED) is 0.197. The highest BCUT2D eigenvalue weighted by Gasteiger charge is 2.23. The third-order valence-corrected chi connectivity index (χ3v) is 9.91. The monoisotopic (exact) mass is 623 g/mol. The second-order valence-electron chi connectivity index (χ2n) is 12.4. The van der Waals surface area contributed by atoms with E-state index < -0.39 is 0 Å². The molecule has 7 aromatic carbocycles. The van der Waals surface area contributed by atoms with Gasteiger partial charge in [0.2, 0.25) is 0 Å². The van der Waals surface area contributed by atoms with Gasteiger partial charge in [0.05, 0.1) is 61.3 Å². The molecular formula is C44H25N5. The Bertz CT molecular complexity index is 2980. The van der Waals surface area contributed by atoms with Crippen molar-refractivity contribution in [2.75, 3.05) is 0 Å². The van der Waals surface area contributed by atoms with Crippen molar-refractivity contribution < 1.29 is 0 Å². The van der Waals surface area contributed by atoms with Crippen molar-refractivity contribution in [2.45, 2.75) is 0 Å². The first-order valence-corrected chi connectivity index (χ1v) is 16.2. The molecule has 10 rings (SSSR count). The summed E-state index contributed by atoms with van der Waals surface area (Å²) in [5.74, 6) is 0. The first-order valence-electron chi connectivity index (χ1n) is 16.2. The molecule has 0 spiro atoms. The van der Waals surface area contributed by atoms with Crippen LogP contribution in [0.3, 0.4) is 0 Å². The van der Waals surface area contributed by atoms with Gasteiger partial charge in [0.1, 0.15) is 12.1 Å². The van der Waals surface area contributed by atoms with Gasteiger partial charge in [-0.2, -0.15) is 10.5 Å². The van der Waals surface area contributed by atoms with E-state index in [-0.39, 0.29) is 0 Å². The van der Waals surface area contributed by atoms with Crippen LogP contribution in [-0.4, -0.2) is 13.7 Å². The van der Waals surface area contributed by atoms with E-state index in [0.717, 1.165) is 60.3 Å². The Morgan fingerprint density at radius 3 is 1.08 bits per heavy atom. The summed E-state index contributed by atoms with van der Waals surface area (Å²) in [4.78, 5) is 0. The van der Waals surface area contributed by atoms with Crippen molar-refractivity contribution in [1.29, 1.82) is 10.5 Å². The number of nitriles is 2. The Labute approximate surface area is 280 Å². The van der Waals surface area contributed by atoms with Gasteiger partial charge in [-0.1, -0.05) is 103 Å². The highest BCUT2D eigenvalue weighted by Crippen LogP contribution is 2.41. The first-order chi connectivity index (χ1) is 24.3. The highest BCUT2D eigenvalue weighted by atomic mass is 15.1. The Hall–Kier alpha value is -7.08. The van der Waals surface area contributed by atoms with Crippen LogP contribution < -0.4 is 0 Å². The standard InChI is InChI=1S/C44H25N5/c45-26-28-25-43(29(27-46)24-42(28)48-38-20-8-3-14-32(38)33-15-4-9-21-39(33)48)49-40-22-10-5-16-34(40)35-17-11-23-41(44(35)49)47-36-18-6-1-12-30(36)31-13-2-7-19-37(31)47/h1-25H. The summed E-state index contributed by atoms with van der Waals surface area (Å²) >= 11 is 0. The largest absolute Gasteiger partial charge is 0.308 e. The van der Waals surface area contributed by atoms with Gasteiger partial charge in [-0.05, 0) is 48.5 Å². The molecule has 226 valence electrons. The molecule has 0 unspecified atom stereocenters. The molecule has 0 aliphatic rings. The van der Waals surface area contributed by atoms with E-state index in [0.29, 0.717) is 22.5 Å². The molecule has 0 saturated carbocycles. The smallest absolute Gasteiger partial charge is 0.101 e. The van der Waals surface area contributed by atoms with Crippen molar-refractivity contribution >= 4 is 65.4 Å². The van der Waals surface area contributed by atoms with Crippen LogP contribution in [0.5, 0.6) is 0 Å². The Morgan fingerprint density at radius 1 is 0.327 bits per heavy atom. The summed E-state index contributed by atoms with van der Waals surface area (Å²) in [5, 5.41) is 28.3. The number of para-hydroxylation sites is 6. The lowest BCUT2D eigenvalue weighted by molar-refractivity contribution is 1.11. The topological polar surface area (TPSA) is 62.4 Å². The van der Waals surface area contributed by atoms with Gasteiger partial charge < -0.3 is 13.7 Å². The Balaban J connectivity index is 1.34. The maximum atomic E-state index is 10.8. The van der Waals surface area contributed by atoms with Gasteiger partial charge in [0, 0.05) is 32.3 Å². The van der Waals surface area contributed by atoms with E-state index in [2.05, 4.69) is 135 Å². The van der Waals surface area contributed by atoms with Crippen LogP contribution in [-0.2, 0) is 0 Å². The molecule has 5 nitrogen and oxygen atoms in total. The predicted molar refractivity (Wildman–Crippen MR) is 199 cm³/mol. The maximum absolute atomic E-state index is 10.8. The molecule has 0 amide bonds. The zero-order valence-corrected chi connectivity index (χ0v) is 26.2. The van der Waals surface area contributed by atoms with Crippen LogP contribution in [0, 0.1) is 22.7 Å². The summed E-state index contributed by atoms with van der Waals surface area (Å²) in [7, 11) is 0. The second-order valence-corrected chi connectivity index (χ2v) is 12.4. The normalized spacial score (nSPS) is 11.6. The fourth-order valence-electron chi connectivity index (χ4n) is 7.92. The summed E-state index contributed by atoms with van der Waals surface area (Å²) < 4.78 is 6.62. The lowest BCUT2D eigenvalue weighted by Gasteiger charge is -2.17. The minimum atomic E-state index is 0.482. The molecule has 0 atom stereocenters. The molecule has 49 heavy (non-hydrogen) atoms. The van der Waals surface area contributed by atoms with Crippen LogP contribution in [0.4, 0.5) is 0 Å². The molecule has 0 fully saturated rings. The lowest BCUT2D eigenvalue weighted by atomic mass is 10.1. The molecule has 10 aromatic rings. The van der Waals surface area contributed by atoms with Crippen molar-refractivity contribution in [3.63, 3.8) is 0 Å². The molecule has 3 aromatic heterocycles. The summed E-state index contributed by atoms with van der Waals surface area (Å²) in [5.41, 5.74) is 9.45. The van der Waals surface area contributed by atoms with Crippen LogP contribution in [0.15, 0.2) is 152 Å². The predicted octanol–water partition coefficient (Wildman–Crippen LogP) is 10.7. The third-order valence-electron chi connectivity index (χ3n) is 9.91. The third kappa shape index (κ3) is 3.67. The summed E-state index contributed by atoms with van der Waals surface area (Å²) in [6, 6.07) is 57.0. The number of nitrogens with zero attached hydrogens (tertiary/aromatic N) is 5. The van der Waals surface area contributed by atoms with E-state index in [1.807, 2.05) is 42.5 Å². The number of benzene rings is 7. The zero-order chi connectivity index (χ0) is 32.6. The van der Waals surface area contributed by atoms with Crippen LogP contribution >= 0.6 is 0 Å². The molecule has 0 aliphatic heterocycles. The van der Waals surface area contributed by atoms with Gasteiger partial charge in [-0.15, -0.1) is 0 Å². The molecule has 0 bridgehead atoms. The van der Waals surface area contributed by atoms with Crippen molar-refractivity contribution in [2.24, 2.45) is 0 Å². The number of fused-ring (bicyclic) bond motifs is 9. The van der Waals surface area contributed by atoms with Crippen LogP contribution in [0.1, 0.15) is 11.1 Å². The van der Waals surface area contributed by atoms with E-state index in [1.54, 1.807) is 0 Å². The van der Waals surface area contributed by atoms with Gasteiger partial charge in [-0.3, -0.25) is 0 Å². The van der Waals surface area contributed by atoms with Gasteiger partial charge in [0.15, 0.2) is 0 Å². The van der Waals surface area contributed by atoms with E-state index >= 15 is 0 Å². The van der Waals surface area contributed by atoms with Crippen molar-refractivity contribution in [1.82, 2.24) is 13.7 Å². The first kappa shape index (κ1) is 27.1. The number of hydrogen-bond donors (Lipinski definition) is 0. The number of rotatable bonds is 3. The molecular weight excluding hydrogens is 599 g/mol. The molecule has 0 saturated heterocycles. The molecule has 0 radical (unpaired) electrons. The summed E-state index contributed by atoms with van der Waals surface area (Å²) in [6.07, 6.45) is 0. The number of hydrogen-bond acceptors (Lipinski definition) is 2. The minimum Gasteiger partial charge on any atom is -0.308 e. The van der Waals surface area contributed by atoms with Crippen LogP contribution in [0.2, 0.25) is 0 Å². The lowest BCUT2D eigenvalue weighted by Crippen LogP contribution is -2.05. The average molecular weight is 624 g/mol. The fourth-order valence-corrected chi connectivity index (χ4v) is 7.92. The molecule has 0 N–H and O–H groups in total. The molecule has 3 heterocycles. The van der Waals surface area contributed by atoms with E-state index in [9.17, 15) is 10.5 Å². The van der Waals surface area contributed by atoms with Gasteiger partial charge >= 0.3 is 0 Å². The van der Waals surface area contributed by atoms with Crippen molar-refractivity contribution in [3.05, 3.63) is 163 Å². The zero-order valence-electron chi connectivity index (χ0n) is 26.2. The fraction of sp³-hybridized carbons (Fsp3) is 0. The molecule has 5 heteroatoms. The highest BCUT2D eigenvalue weighted by molar-refractivity contribution is 6.15. The second kappa shape index (κ2) is 10.2. The average Bonchev–Trinajstić information content (AvgIpc) is 3.80. The van der Waals surface area contributed by atoms with Gasteiger partial charge in [-0.25, -0.2) is 0 Å².